The van der Waals surface area contributed by atoms with Crippen LogP contribution in [0.15, 0.2) is 29.1 Å². The van der Waals surface area contributed by atoms with Gasteiger partial charge in [0.1, 0.15) is 5.65 Å². The van der Waals surface area contributed by atoms with Crippen LogP contribution in [0.25, 0.3) is 5.65 Å². The number of aromatic nitrogens is 2. The van der Waals surface area contributed by atoms with E-state index in [0.717, 1.165) is 42.0 Å². The van der Waals surface area contributed by atoms with Crippen LogP contribution in [0.2, 0.25) is 0 Å². The third-order valence-electron chi connectivity index (χ3n) is 5.05. The maximum absolute atomic E-state index is 12.3. The van der Waals surface area contributed by atoms with Crippen molar-refractivity contribution >= 4 is 5.65 Å². The quantitative estimate of drug-likeness (QED) is 0.870. The van der Waals surface area contributed by atoms with E-state index in [1.54, 1.807) is 10.5 Å². The zero-order valence-electron chi connectivity index (χ0n) is 13.2. The van der Waals surface area contributed by atoms with Crippen molar-refractivity contribution in [2.45, 2.75) is 39.2 Å². The Morgan fingerprint density at radius 1 is 1.23 bits per heavy atom. The van der Waals surface area contributed by atoms with Crippen molar-refractivity contribution in [1.82, 2.24) is 14.3 Å². The molecule has 1 aliphatic carbocycles. The number of aryl methyl sites for hydroxylation is 1. The van der Waals surface area contributed by atoms with Gasteiger partial charge in [0, 0.05) is 24.8 Å². The minimum absolute atomic E-state index is 0.0341. The van der Waals surface area contributed by atoms with Crippen LogP contribution in [0, 0.1) is 18.8 Å². The molecule has 0 N–H and O–H groups in total. The Labute approximate surface area is 130 Å². The third kappa shape index (κ3) is 2.80. The van der Waals surface area contributed by atoms with E-state index in [-0.39, 0.29) is 5.56 Å². The van der Waals surface area contributed by atoms with Crippen LogP contribution < -0.4 is 5.56 Å². The average molecular weight is 297 g/mol. The molecule has 0 bridgehead atoms. The van der Waals surface area contributed by atoms with E-state index in [4.69, 9.17) is 0 Å². The Bertz CT molecular complexity index is 748. The summed E-state index contributed by atoms with van der Waals surface area (Å²) in [5, 5.41) is 0. The van der Waals surface area contributed by atoms with Gasteiger partial charge in [-0.05, 0) is 50.3 Å². The Morgan fingerprint density at radius 3 is 2.91 bits per heavy atom. The van der Waals surface area contributed by atoms with E-state index in [1.165, 1.54) is 32.2 Å². The zero-order chi connectivity index (χ0) is 15.1. The van der Waals surface area contributed by atoms with Gasteiger partial charge < -0.3 is 0 Å². The topological polar surface area (TPSA) is 37.6 Å². The van der Waals surface area contributed by atoms with Gasteiger partial charge in [-0.3, -0.25) is 14.1 Å². The number of pyridine rings is 1. The predicted molar refractivity (Wildman–Crippen MR) is 86.9 cm³/mol. The molecule has 0 amide bonds. The summed E-state index contributed by atoms with van der Waals surface area (Å²) in [5.74, 6) is 1.87. The Morgan fingerprint density at radius 2 is 2.09 bits per heavy atom. The highest BCUT2D eigenvalue weighted by atomic mass is 16.1. The van der Waals surface area contributed by atoms with Gasteiger partial charge in [0.25, 0.3) is 5.56 Å². The van der Waals surface area contributed by atoms with Crippen molar-refractivity contribution in [3.63, 3.8) is 0 Å². The van der Waals surface area contributed by atoms with Gasteiger partial charge in [-0.1, -0.05) is 18.9 Å². The summed E-state index contributed by atoms with van der Waals surface area (Å²) < 4.78 is 1.68. The van der Waals surface area contributed by atoms with Crippen LogP contribution >= 0.6 is 0 Å². The number of hydrogen-bond acceptors (Lipinski definition) is 3. The minimum Gasteiger partial charge on any atom is -0.297 e. The van der Waals surface area contributed by atoms with E-state index in [0.29, 0.717) is 0 Å². The smallest absolute Gasteiger partial charge is 0.258 e. The summed E-state index contributed by atoms with van der Waals surface area (Å²) in [6.07, 6.45) is 5.60. The predicted octanol–water partition coefficient (Wildman–Crippen LogP) is 2.62. The van der Waals surface area contributed by atoms with Crippen molar-refractivity contribution in [3.8, 4) is 0 Å². The molecule has 1 saturated carbocycles. The second-order valence-corrected chi connectivity index (χ2v) is 7.02. The lowest BCUT2D eigenvalue weighted by molar-refractivity contribution is 0.307. The first-order chi connectivity index (χ1) is 10.7. The highest BCUT2D eigenvalue weighted by Gasteiger charge is 2.30. The number of likely N-dealkylation sites (tertiary alicyclic amines) is 1. The molecule has 1 saturated heterocycles. The lowest BCUT2D eigenvalue weighted by Gasteiger charge is -2.16. The summed E-state index contributed by atoms with van der Waals surface area (Å²) >= 11 is 0. The van der Waals surface area contributed by atoms with Crippen LogP contribution in [0.4, 0.5) is 0 Å². The summed E-state index contributed by atoms with van der Waals surface area (Å²) in [4.78, 5) is 19.5. The highest BCUT2D eigenvalue weighted by molar-refractivity contribution is 5.40. The van der Waals surface area contributed by atoms with Gasteiger partial charge in [-0.25, -0.2) is 4.98 Å². The molecule has 4 rings (SSSR count). The number of hydrogen-bond donors (Lipinski definition) is 0. The van der Waals surface area contributed by atoms with Crippen LogP contribution in [0.1, 0.15) is 37.1 Å². The van der Waals surface area contributed by atoms with Gasteiger partial charge in [-0.2, -0.15) is 0 Å². The normalized spacial score (nSPS) is 22.5. The molecule has 2 fully saturated rings. The first-order valence-corrected chi connectivity index (χ1v) is 8.40. The van der Waals surface area contributed by atoms with E-state index < -0.39 is 0 Å². The molecule has 4 nitrogen and oxygen atoms in total. The number of nitrogens with zero attached hydrogens (tertiary/aromatic N) is 3. The molecule has 0 radical (unpaired) electrons. The van der Waals surface area contributed by atoms with Gasteiger partial charge in [0.2, 0.25) is 0 Å². The molecule has 116 valence electrons. The Hall–Kier alpha value is -1.68. The monoisotopic (exact) mass is 297 g/mol. The molecular weight excluding hydrogens is 274 g/mol. The van der Waals surface area contributed by atoms with E-state index in [1.807, 2.05) is 25.1 Å². The molecular formula is C18H23N3O. The summed E-state index contributed by atoms with van der Waals surface area (Å²) in [6.45, 7) is 5.07. The Kier molecular flexibility index (Phi) is 3.49. The van der Waals surface area contributed by atoms with Crippen molar-refractivity contribution in [3.05, 3.63) is 46.0 Å². The average Bonchev–Trinajstić information content (AvgIpc) is 3.18. The van der Waals surface area contributed by atoms with Crippen molar-refractivity contribution in [2.24, 2.45) is 11.8 Å². The number of fused-ring (bicyclic) bond motifs is 1. The second kappa shape index (κ2) is 5.51. The van der Waals surface area contributed by atoms with E-state index >= 15 is 0 Å². The largest absolute Gasteiger partial charge is 0.297 e. The van der Waals surface area contributed by atoms with Gasteiger partial charge in [0.05, 0.1) is 5.69 Å². The molecule has 2 aliphatic rings. The van der Waals surface area contributed by atoms with Crippen molar-refractivity contribution in [1.29, 1.82) is 0 Å². The standard InChI is InChI=1S/C18H23N3O/c1-13-3-2-4-17-19-16(10-18(22)21(13)17)12-20-8-7-15(11-20)9-14-5-6-14/h2-4,10,14-15H,5-9,11-12H2,1H3. The lowest BCUT2D eigenvalue weighted by Crippen LogP contribution is -2.24. The van der Waals surface area contributed by atoms with Crippen molar-refractivity contribution in [2.75, 3.05) is 13.1 Å². The molecule has 1 unspecified atom stereocenters. The second-order valence-electron chi connectivity index (χ2n) is 7.02. The third-order valence-corrected chi connectivity index (χ3v) is 5.05. The van der Waals surface area contributed by atoms with Gasteiger partial charge in [0.15, 0.2) is 0 Å². The zero-order valence-corrected chi connectivity index (χ0v) is 13.2. The van der Waals surface area contributed by atoms with Crippen LogP contribution in [0.3, 0.4) is 0 Å². The summed E-state index contributed by atoms with van der Waals surface area (Å²) in [6, 6.07) is 7.52. The fourth-order valence-corrected chi connectivity index (χ4v) is 3.75. The van der Waals surface area contributed by atoms with E-state index in [2.05, 4.69) is 9.88 Å². The first kappa shape index (κ1) is 13.9. The van der Waals surface area contributed by atoms with Crippen LogP contribution in [-0.4, -0.2) is 27.4 Å². The van der Waals surface area contributed by atoms with Crippen LogP contribution in [-0.2, 0) is 6.54 Å². The fourth-order valence-electron chi connectivity index (χ4n) is 3.75. The molecule has 4 heteroatoms. The fraction of sp³-hybridized carbons (Fsp3) is 0.556. The number of rotatable bonds is 4. The first-order valence-electron chi connectivity index (χ1n) is 8.40. The molecule has 0 spiro atoms. The molecule has 1 aliphatic heterocycles. The molecule has 2 aromatic heterocycles. The maximum Gasteiger partial charge on any atom is 0.258 e. The molecule has 3 heterocycles. The van der Waals surface area contributed by atoms with Gasteiger partial charge >= 0.3 is 0 Å². The highest BCUT2D eigenvalue weighted by Crippen LogP contribution is 2.38. The van der Waals surface area contributed by atoms with E-state index in [9.17, 15) is 4.79 Å². The minimum atomic E-state index is 0.0341. The molecule has 1 atom stereocenters. The van der Waals surface area contributed by atoms with Crippen LogP contribution in [0.5, 0.6) is 0 Å². The Balaban J connectivity index is 1.51. The summed E-state index contributed by atoms with van der Waals surface area (Å²) in [7, 11) is 0. The molecule has 0 aromatic carbocycles. The lowest BCUT2D eigenvalue weighted by atomic mass is 10.0. The van der Waals surface area contributed by atoms with Crippen molar-refractivity contribution < 1.29 is 0 Å². The van der Waals surface area contributed by atoms with Gasteiger partial charge in [-0.15, -0.1) is 0 Å². The molecule has 22 heavy (non-hydrogen) atoms. The molecule has 2 aromatic rings. The SMILES string of the molecule is Cc1cccc2nc(CN3CCC(CC4CC4)C3)cc(=O)n12. The maximum atomic E-state index is 12.3. The summed E-state index contributed by atoms with van der Waals surface area (Å²) in [5.41, 5.74) is 2.64.